The van der Waals surface area contributed by atoms with Crippen molar-refractivity contribution in [1.82, 2.24) is 25.1 Å². The number of pyridine rings is 1. The normalized spacial score (nSPS) is 15.7. The van der Waals surface area contributed by atoms with Gasteiger partial charge in [-0.2, -0.15) is 5.26 Å². The Morgan fingerprint density at radius 2 is 1.64 bits per heavy atom. The van der Waals surface area contributed by atoms with Crippen molar-refractivity contribution in [2.75, 3.05) is 12.0 Å². The molecule has 2 aromatic heterocycles. The summed E-state index contributed by atoms with van der Waals surface area (Å²) in [7, 11) is 0.584. The molecule has 1 amide bonds. The number of aryl methyl sites for hydroxylation is 1. The van der Waals surface area contributed by atoms with Crippen LogP contribution in [0, 0.1) is 17.1 Å². The van der Waals surface area contributed by atoms with E-state index in [-0.39, 0.29) is 30.0 Å². The van der Waals surface area contributed by atoms with Gasteiger partial charge in [-0.15, -0.1) is 10.2 Å². The first-order valence-electron chi connectivity index (χ1n) is 21.0. The highest BCUT2D eigenvalue weighted by Crippen LogP contribution is 2.44. The van der Waals surface area contributed by atoms with Crippen LogP contribution in [-0.4, -0.2) is 52.9 Å². The van der Waals surface area contributed by atoms with Crippen molar-refractivity contribution in [3.8, 4) is 28.6 Å². The number of rotatable bonds is 14. The van der Waals surface area contributed by atoms with Crippen LogP contribution in [0.25, 0.3) is 22.5 Å². The SMILES string of the molecule is CCC(NCc1cc(F)c2c(c1)C(=O)N(c1cc(-c3ccc(C#N)cc3-c3nncn3C)cc(C3CC3)n1)C2)(OC)C(C)O[Si](c1ccccc1)(c1ccccc1)C(C)(C)C. The first kappa shape index (κ1) is 41.9. The van der Waals surface area contributed by atoms with Gasteiger partial charge in [-0.25, -0.2) is 9.37 Å². The maximum Gasteiger partial charge on any atom is 0.261 e. The molecule has 1 N–H and O–H groups in total. The fraction of sp³-hybridized carbons (Fsp3) is 0.327. The lowest BCUT2D eigenvalue weighted by Crippen LogP contribution is -2.70. The number of halogens is 1. The Kier molecular flexibility index (Phi) is 11.4. The smallest absolute Gasteiger partial charge is 0.261 e. The summed E-state index contributed by atoms with van der Waals surface area (Å²) in [6.45, 7) is 11.1. The minimum atomic E-state index is -2.95. The number of carbonyl (C=O) groups is 1. The number of nitriles is 1. The van der Waals surface area contributed by atoms with Crippen molar-refractivity contribution in [1.29, 1.82) is 5.26 Å². The van der Waals surface area contributed by atoms with Gasteiger partial charge in [0.1, 0.15) is 23.7 Å². The summed E-state index contributed by atoms with van der Waals surface area (Å²) in [5, 5.41) is 23.9. The quantitative estimate of drug-likeness (QED) is 0.0860. The molecule has 312 valence electrons. The fourth-order valence-electron chi connectivity index (χ4n) is 8.95. The number of amides is 1. The fourth-order valence-corrected chi connectivity index (χ4v) is 13.7. The molecule has 4 aromatic carbocycles. The van der Waals surface area contributed by atoms with E-state index in [4.69, 9.17) is 14.1 Å². The van der Waals surface area contributed by atoms with Gasteiger partial charge in [0.25, 0.3) is 14.2 Å². The molecule has 0 saturated heterocycles. The van der Waals surface area contributed by atoms with Gasteiger partial charge in [-0.05, 0) is 94.7 Å². The Morgan fingerprint density at radius 3 is 2.21 bits per heavy atom. The van der Waals surface area contributed by atoms with Crippen LogP contribution >= 0.6 is 0 Å². The minimum absolute atomic E-state index is 0.0537. The van der Waals surface area contributed by atoms with E-state index in [0.717, 1.165) is 45.6 Å². The molecule has 2 aliphatic rings. The molecule has 2 unspecified atom stereocenters. The van der Waals surface area contributed by atoms with E-state index < -0.39 is 26.0 Å². The Bertz CT molecular complexity index is 2570. The molecule has 6 aromatic rings. The van der Waals surface area contributed by atoms with Crippen molar-refractivity contribution in [3.63, 3.8) is 0 Å². The highest BCUT2D eigenvalue weighted by molar-refractivity contribution is 6.99. The number of carbonyl (C=O) groups excluding carboxylic acids is 1. The van der Waals surface area contributed by atoms with E-state index in [1.807, 2.05) is 31.3 Å². The second-order valence-corrected chi connectivity index (χ2v) is 21.5. The lowest BCUT2D eigenvalue weighted by molar-refractivity contribution is -0.115. The predicted molar refractivity (Wildman–Crippen MR) is 238 cm³/mol. The number of anilines is 1. The highest BCUT2D eigenvalue weighted by atomic mass is 28.4. The molecule has 3 heterocycles. The van der Waals surface area contributed by atoms with Gasteiger partial charge in [0.05, 0.1) is 24.3 Å². The number of nitrogens with one attached hydrogen (secondary N) is 1. The van der Waals surface area contributed by atoms with Crippen molar-refractivity contribution < 1.29 is 18.3 Å². The van der Waals surface area contributed by atoms with Gasteiger partial charge in [-0.1, -0.05) is 94.4 Å². The molecule has 0 bridgehead atoms. The van der Waals surface area contributed by atoms with Crippen LogP contribution in [0.1, 0.15) is 92.5 Å². The molecule has 1 aliphatic heterocycles. The molecular weight excluding hydrogens is 782 g/mol. The van der Waals surface area contributed by atoms with E-state index in [9.17, 15) is 10.1 Å². The third kappa shape index (κ3) is 7.72. The Hall–Kier alpha value is -5.84. The summed E-state index contributed by atoms with van der Waals surface area (Å²) >= 11 is 0. The van der Waals surface area contributed by atoms with Gasteiger partial charge >= 0.3 is 0 Å². The van der Waals surface area contributed by atoms with Crippen LogP contribution in [0.5, 0.6) is 0 Å². The summed E-state index contributed by atoms with van der Waals surface area (Å²) in [5.74, 6) is 0.568. The lowest BCUT2D eigenvalue weighted by atomic mass is 9.96. The second-order valence-electron chi connectivity index (χ2n) is 17.3. The molecular formula is C49H52FN7O3Si. The molecule has 10 nitrogen and oxygen atoms in total. The van der Waals surface area contributed by atoms with E-state index in [2.05, 4.69) is 111 Å². The van der Waals surface area contributed by atoms with Crippen molar-refractivity contribution in [2.45, 2.75) is 89.8 Å². The van der Waals surface area contributed by atoms with Gasteiger partial charge in [0.15, 0.2) is 5.82 Å². The molecule has 61 heavy (non-hydrogen) atoms. The number of ether oxygens (including phenoxy) is 1. The van der Waals surface area contributed by atoms with E-state index in [1.165, 1.54) is 6.07 Å². The van der Waals surface area contributed by atoms with Gasteiger partial charge in [0, 0.05) is 49.0 Å². The van der Waals surface area contributed by atoms with Gasteiger partial charge in [-0.3, -0.25) is 15.0 Å². The maximum absolute atomic E-state index is 16.2. The zero-order valence-corrected chi connectivity index (χ0v) is 36.9. The molecule has 0 radical (unpaired) electrons. The standard InChI is InChI=1S/C49H52FN7O3Si/c1-8-49(59-7,32(2)60-61(48(3,4)5,37-15-11-9-12-16-37)38-17-13-10-14-18-38)52-29-34-24-41-42(43(50)25-34)30-57(47(41)58)45-27-36(26-44(54-45)35-20-21-35)39-22-19-33(28-51)23-40(39)46-55-53-31-56(46)6/h9-19,22-27,31-32,35,52H,8,20-21,29-30H2,1-7H3. The zero-order valence-electron chi connectivity index (χ0n) is 35.9. The molecule has 2 atom stereocenters. The number of benzene rings is 4. The van der Waals surface area contributed by atoms with Crippen molar-refractivity contribution in [3.05, 3.63) is 143 Å². The number of hydrogen-bond donors (Lipinski definition) is 1. The Balaban J connectivity index is 1.09. The first-order chi connectivity index (χ1) is 29.3. The minimum Gasteiger partial charge on any atom is -0.400 e. The molecule has 1 saturated carbocycles. The predicted octanol–water partition coefficient (Wildman–Crippen LogP) is 8.40. The summed E-state index contributed by atoms with van der Waals surface area (Å²) in [5.41, 5.74) is 4.08. The number of nitrogens with zero attached hydrogens (tertiary/aromatic N) is 6. The average Bonchev–Trinajstić information content (AvgIpc) is 3.95. The molecule has 0 spiro atoms. The average molecular weight is 834 g/mol. The Morgan fingerprint density at radius 1 is 0.951 bits per heavy atom. The van der Waals surface area contributed by atoms with Crippen molar-refractivity contribution >= 4 is 30.4 Å². The largest absolute Gasteiger partial charge is 0.400 e. The molecule has 1 fully saturated rings. The second kappa shape index (κ2) is 16.6. The summed E-state index contributed by atoms with van der Waals surface area (Å²) in [6, 6.07) is 35.9. The Labute approximate surface area is 358 Å². The third-order valence-corrected chi connectivity index (χ3v) is 17.6. The number of fused-ring (bicyclic) bond motifs is 1. The number of hydrogen-bond acceptors (Lipinski definition) is 8. The van der Waals surface area contributed by atoms with E-state index >= 15 is 4.39 Å². The van der Waals surface area contributed by atoms with E-state index in [1.54, 1.807) is 41.1 Å². The van der Waals surface area contributed by atoms with E-state index in [0.29, 0.717) is 40.3 Å². The van der Waals surface area contributed by atoms with Crippen LogP contribution in [0.2, 0.25) is 5.04 Å². The van der Waals surface area contributed by atoms with Crippen LogP contribution in [0.3, 0.4) is 0 Å². The summed E-state index contributed by atoms with van der Waals surface area (Å²) in [4.78, 5) is 20.9. The molecule has 12 heteroatoms. The number of aromatic nitrogens is 4. The molecule has 8 rings (SSSR count). The summed E-state index contributed by atoms with van der Waals surface area (Å²) < 4.78 is 31.9. The topological polar surface area (TPSA) is 118 Å². The van der Waals surface area contributed by atoms with Crippen LogP contribution in [0.15, 0.2) is 109 Å². The van der Waals surface area contributed by atoms with Crippen molar-refractivity contribution in [2.24, 2.45) is 7.05 Å². The first-order valence-corrected chi connectivity index (χ1v) is 22.9. The third-order valence-electron chi connectivity index (χ3n) is 12.5. The monoisotopic (exact) mass is 833 g/mol. The van der Waals surface area contributed by atoms with Crippen LogP contribution in [-0.2, 0) is 29.3 Å². The van der Waals surface area contributed by atoms with Crippen LogP contribution < -0.4 is 20.6 Å². The van der Waals surface area contributed by atoms with Crippen LogP contribution in [0.4, 0.5) is 10.2 Å². The molecule has 1 aliphatic carbocycles. The number of methoxy groups -OCH3 is 1. The summed E-state index contributed by atoms with van der Waals surface area (Å²) in [6.07, 6.45) is 3.75. The lowest BCUT2D eigenvalue weighted by Gasteiger charge is -2.48. The highest BCUT2D eigenvalue weighted by Gasteiger charge is 2.53. The maximum atomic E-state index is 16.2. The zero-order chi connectivity index (χ0) is 43.1. The van der Waals surface area contributed by atoms with Gasteiger partial charge in [0.2, 0.25) is 0 Å². The van der Waals surface area contributed by atoms with Gasteiger partial charge < -0.3 is 13.7 Å².